The Hall–Kier alpha value is -1.31. The van der Waals surface area contributed by atoms with Crippen LogP contribution in [0.5, 0.6) is 0 Å². The highest BCUT2D eigenvalue weighted by atomic mass is 16.2. The van der Waals surface area contributed by atoms with E-state index in [-0.39, 0.29) is 0 Å². The molecule has 0 aromatic heterocycles. The SMILES string of the molecule is CCC1CC(=O)N(Cc2ccc(C)cc2)C1. The van der Waals surface area contributed by atoms with Gasteiger partial charge in [0.05, 0.1) is 0 Å². The van der Waals surface area contributed by atoms with Crippen molar-refractivity contribution in [3.8, 4) is 0 Å². The van der Waals surface area contributed by atoms with Gasteiger partial charge in [0.2, 0.25) is 5.91 Å². The fraction of sp³-hybridized carbons (Fsp3) is 0.500. The smallest absolute Gasteiger partial charge is 0.223 e. The Morgan fingerprint density at radius 1 is 1.31 bits per heavy atom. The second-order valence-corrected chi connectivity index (χ2v) is 4.74. The Kier molecular flexibility index (Phi) is 3.28. The van der Waals surface area contributed by atoms with Crippen molar-refractivity contribution in [1.82, 2.24) is 4.90 Å². The van der Waals surface area contributed by atoms with Gasteiger partial charge < -0.3 is 4.90 Å². The van der Waals surface area contributed by atoms with E-state index < -0.39 is 0 Å². The topological polar surface area (TPSA) is 20.3 Å². The highest BCUT2D eigenvalue weighted by Crippen LogP contribution is 2.22. The molecule has 1 aliphatic rings. The maximum atomic E-state index is 11.7. The fourth-order valence-electron chi connectivity index (χ4n) is 2.19. The number of nitrogens with zero attached hydrogens (tertiary/aromatic N) is 1. The monoisotopic (exact) mass is 217 g/mol. The van der Waals surface area contributed by atoms with Crippen molar-refractivity contribution < 1.29 is 4.79 Å². The largest absolute Gasteiger partial charge is 0.338 e. The van der Waals surface area contributed by atoms with E-state index in [2.05, 4.69) is 38.1 Å². The summed E-state index contributed by atoms with van der Waals surface area (Å²) in [5.41, 5.74) is 2.50. The minimum Gasteiger partial charge on any atom is -0.338 e. The van der Waals surface area contributed by atoms with Crippen molar-refractivity contribution in [3.05, 3.63) is 35.4 Å². The van der Waals surface area contributed by atoms with Crippen LogP contribution in [0.15, 0.2) is 24.3 Å². The van der Waals surface area contributed by atoms with E-state index in [9.17, 15) is 4.79 Å². The molecule has 1 heterocycles. The van der Waals surface area contributed by atoms with Gasteiger partial charge in [-0.1, -0.05) is 43.2 Å². The first-order valence-electron chi connectivity index (χ1n) is 6.02. The number of benzene rings is 1. The zero-order valence-corrected chi connectivity index (χ0v) is 10.1. The molecule has 0 aliphatic carbocycles. The molecule has 0 N–H and O–H groups in total. The van der Waals surface area contributed by atoms with Crippen molar-refractivity contribution in [2.24, 2.45) is 5.92 Å². The third-order valence-electron chi connectivity index (χ3n) is 3.37. The number of likely N-dealkylation sites (tertiary alicyclic amines) is 1. The summed E-state index contributed by atoms with van der Waals surface area (Å²) in [4.78, 5) is 13.7. The lowest BCUT2D eigenvalue weighted by molar-refractivity contribution is -0.128. The molecular formula is C14H19NO. The summed E-state index contributed by atoms with van der Waals surface area (Å²) in [5, 5.41) is 0. The van der Waals surface area contributed by atoms with Crippen LogP contribution in [0.1, 0.15) is 30.9 Å². The Labute approximate surface area is 97.3 Å². The van der Waals surface area contributed by atoms with Crippen LogP contribution in [0.2, 0.25) is 0 Å². The van der Waals surface area contributed by atoms with Crippen molar-refractivity contribution in [1.29, 1.82) is 0 Å². The van der Waals surface area contributed by atoms with Gasteiger partial charge in [-0.25, -0.2) is 0 Å². The van der Waals surface area contributed by atoms with E-state index >= 15 is 0 Å². The van der Waals surface area contributed by atoms with E-state index in [4.69, 9.17) is 0 Å². The van der Waals surface area contributed by atoms with Gasteiger partial charge in [-0.05, 0) is 18.4 Å². The summed E-state index contributed by atoms with van der Waals surface area (Å²) >= 11 is 0. The Morgan fingerprint density at radius 2 is 2.00 bits per heavy atom. The van der Waals surface area contributed by atoms with Crippen LogP contribution in [0, 0.1) is 12.8 Å². The highest BCUT2D eigenvalue weighted by molar-refractivity contribution is 5.78. The van der Waals surface area contributed by atoms with E-state index in [0.29, 0.717) is 11.8 Å². The van der Waals surface area contributed by atoms with Gasteiger partial charge in [-0.2, -0.15) is 0 Å². The maximum absolute atomic E-state index is 11.7. The van der Waals surface area contributed by atoms with Crippen molar-refractivity contribution >= 4 is 5.91 Å². The van der Waals surface area contributed by atoms with Gasteiger partial charge in [-0.3, -0.25) is 4.79 Å². The number of amides is 1. The molecule has 2 nitrogen and oxygen atoms in total. The first-order valence-corrected chi connectivity index (χ1v) is 6.02. The summed E-state index contributed by atoms with van der Waals surface area (Å²) in [6, 6.07) is 8.43. The predicted molar refractivity (Wildman–Crippen MR) is 65.0 cm³/mol. The minimum atomic E-state index is 0.312. The first kappa shape index (κ1) is 11.2. The lowest BCUT2D eigenvalue weighted by Crippen LogP contribution is -2.24. The van der Waals surface area contributed by atoms with E-state index in [1.54, 1.807) is 0 Å². The molecule has 2 heteroatoms. The molecule has 1 amide bonds. The average Bonchev–Trinajstić information content (AvgIpc) is 2.63. The van der Waals surface area contributed by atoms with Gasteiger partial charge in [0.25, 0.3) is 0 Å². The molecule has 1 saturated heterocycles. The Bertz CT molecular complexity index is 369. The highest BCUT2D eigenvalue weighted by Gasteiger charge is 2.27. The molecule has 1 atom stereocenters. The predicted octanol–water partition coefficient (Wildman–Crippen LogP) is 2.75. The Morgan fingerprint density at radius 3 is 2.56 bits per heavy atom. The van der Waals surface area contributed by atoms with E-state index in [1.807, 2.05) is 4.90 Å². The molecule has 16 heavy (non-hydrogen) atoms. The lowest BCUT2D eigenvalue weighted by atomic mass is 10.1. The number of carbonyl (C=O) groups excluding carboxylic acids is 1. The van der Waals surface area contributed by atoms with Gasteiger partial charge in [0, 0.05) is 19.5 Å². The summed E-state index contributed by atoms with van der Waals surface area (Å²) in [7, 11) is 0. The van der Waals surface area contributed by atoms with Crippen LogP contribution in [-0.2, 0) is 11.3 Å². The molecule has 0 bridgehead atoms. The zero-order chi connectivity index (χ0) is 11.5. The van der Waals surface area contributed by atoms with Crippen LogP contribution in [-0.4, -0.2) is 17.4 Å². The summed E-state index contributed by atoms with van der Waals surface area (Å²) < 4.78 is 0. The van der Waals surface area contributed by atoms with Crippen molar-refractivity contribution in [2.75, 3.05) is 6.54 Å². The van der Waals surface area contributed by atoms with Crippen LogP contribution in [0.25, 0.3) is 0 Å². The number of aryl methyl sites for hydroxylation is 1. The van der Waals surface area contributed by atoms with Crippen LogP contribution >= 0.6 is 0 Å². The quantitative estimate of drug-likeness (QED) is 0.762. The number of carbonyl (C=O) groups is 1. The normalized spacial score (nSPS) is 20.5. The van der Waals surface area contributed by atoms with Crippen LogP contribution < -0.4 is 0 Å². The van der Waals surface area contributed by atoms with Crippen LogP contribution in [0.4, 0.5) is 0 Å². The molecule has 1 aromatic carbocycles. The molecule has 0 radical (unpaired) electrons. The average molecular weight is 217 g/mol. The third-order valence-corrected chi connectivity index (χ3v) is 3.37. The van der Waals surface area contributed by atoms with Gasteiger partial charge in [0.1, 0.15) is 0 Å². The molecule has 1 unspecified atom stereocenters. The molecule has 86 valence electrons. The molecule has 1 aliphatic heterocycles. The molecular weight excluding hydrogens is 198 g/mol. The van der Waals surface area contributed by atoms with Crippen molar-refractivity contribution in [2.45, 2.75) is 33.2 Å². The first-order chi connectivity index (χ1) is 7.69. The minimum absolute atomic E-state index is 0.312. The molecule has 1 fully saturated rings. The summed E-state index contributed by atoms with van der Waals surface area (Å²) in [6.07, 6.45) is 1.85. The standard InChI is InChI=1S/C14H19NO/c1-3-12-8-14(16)15(9-12)10-13-6-4-11(2)5-7-13/h4-7,12H,3,8-10H2,1-2H3. The fourth-order valence-corrected chi connectivity index (χ4v) is 2.19. The second kappa shape index (κ2) is 4.69. The van der Waals surface area contributed by atoms with E-state index in [0.717, 1.165) is 25.9 Å². The maximum Gasteiger partial charge on any atom is 0.223 e. The summed E-state index contributed by atoms with van der Waals surface area (Å²) in [6.45, 7) is 5.95. The molecule has 0 saturated carbocycles. The Balaban J connectivity index is 2.00. The molecule has 0 spiro atoms. The number of hydrogen-bond acceptors (Lipinski definition) is 1. The number of hydrogen-bond donors (Lipinski definition) is 0. The zero-order valence-electron chi connectivity index (χ0n) is 10.1. The molecule has 2 rings (SSSR count). The second-order valence-electron chi connectivity index (χ2n) is 4.74. The van der Waals surface area contributed by atoms with Crippen molar-refractivity contribution in [3.63, 3.8) is 0 Å². The molecule has 1 aromatic rings. The van der Waals surface area contributed by atoms with Gasteiger partial charge in [0.15, 0.2) is 0 Å². The summed E-state index contributed by atoms with van der Waals surface area (Å²) in [5.74, 6) is 0.880. The van der Waals surface area contributed by atoms with Gasteiger partial charge in [-0.15, -0.1) is 0 Å². The van der Waals surface area contributed by atoms with Gasteiger partial charge >= 0.3 is 0 Å². The lowest BCUT2D eigenvalue weighted by Gasteiger charge is -2.16. The van der Waals surface area contributed by atoms with Crippen LogP contribution in [0.3, 0.4) is 0 Å². The van der Waals surface area contributed by atoms with E-state index in [1.165, 1.54) is 11.1 Å². The number of rotatable bonds is 3. The third kappa shape index (κ3) is 2.43.